The van der Waals surface area contributed by atoms with Crippen molar-refractivity contribution in [2.45, 2.75) is 42.5 Å². The lowest BCUT2D eigenvalue weighted by molar-refractivity contribution is 0.0953. The van der Waals surface area contributed by atoms with Crippen LogP contribution in [0, 0.1) is 0 Å². The topological polar surface area (TPSA) is 78.8 Å². The van der Waals surface area contributed by atoms with Gasteiger partial charge in [-0.2, -0.15) is 10.2 Å². The summed E-state index contributed by atoms with van der Waals surface area (Å²) < 4.78 is 2.03. The number of H-pyrrole nitrogens is 1. The van der Waals surface area contributed by atoms with E-state index in [-0.39, 0.29) is 5.91 Å². The highest BCUT2D eigenvalue weighted by atomic mass is 32.2. The Balaban J connectivity index is 1.23. The van der Waals surface area contributed by atoms with Crippen LogP contribution in [0.4, 0.5) is 0 Å². The number of hydrogen-bond acceptors (Lipinski definition) is 5. The molecule has 186 valence electrons. The number of fused-ring (bicyclic) bond motifs is 1. The van der Waals surface area contributed by atoms with Gasteiger partial charge in [-0.25, -0.2) is 0 Å². The summed E-state index contributed by atoms with van der Waals surface area (Å²) in [6.07, 6.45) is 11.9. The number of carbonyl (C=O) groups excluding carboxylic acids is 1. The molecule has 1 amide bonds. The number of likely N-dealkylation sites (tertiary alicyclic amines) is 1. The fourth-order valence-corrected chi connectivity index (χ4v) is 5.55. The van der Waals surface area contributed by atoms with Crippen LogP contribution in [0.1, 0.15) is 47.8 Å². The van der Waals surface area contributed by atoms with Gasteiger partial charge in [-0.15, -0.1) is 0 Å². The highest BCUT2D eigenvalue weighted by Crippen LogP contribution is 2.33. The number of rotatable bonds is 10. The first-order valence-electron chi connectivity index (χ1n) is 12.7. The number of aromatic amines is 1. The number of aryl methyl sites for hydroxylation is 1. The molecule has 7 nitrogen and oxygen atoms in total. The van der Waals surface area contributed by atoms with Gasteiger partial charge in [0.2, 0.25) is 0 Å². The highest BCUT2D eigenvalue weighted by molar-refractivity contribution is 7.99. The molecule has 1 fully saturated rings. The number of carbonyl (C=O) groups is 1. The van der Waals surface area contributed by atoms with Crippen molar-refractivity contribution in [2.24, 2.45) is 0 Å². The average molecular weight is 501 g/mol. The number of hydrogen-bond donors (Lipinski definition) is 2. The van der Waals surface area contributed by atoms with Crippen molar-refractivity contribution in [3.05, 3.63) is 71.7 Å². The number of nitrogens with zero attached hydrogens (tertiary/aromatic N) is 4. The average Bonchev–Trinajstić information content (AvgIpc) is 3.65. The summed E-state index contributed by atoms with van der Waals surface area (Å²) in [7, 11) is 0. The molecule has 4 aromatic rings. The summed E-state index contributed by atoms with van der Waals surface area (Å²) in [5.74, 6) is -0.0504. The zero-order valence-electron chi connectivity index (χ0n) is 20.6. The number of nitrogens with one attached hydrogen (secondary N) is 2. The molecule has 0 saturated carbocycles. The third-order valence-electron chi connectivity index (χ3n) is 6.41. The van der Waals surface area contributed by atoms with Gasteiger partial charge in [-0.05, 0) is 88.3 Å². The van der Waals surface area contributed by atoms with Gasteiger partial charge in [0.15, 0.2) is 0 Å². The molecule has 2 N–H and O–H groups in total. The second-order valence-corrected chi connectivity index (χ2v) is 10.2. The van der Waals surface area contributed by atoms with Crippen molar-refractivity contribution in [2.75, 3.05) is 26.2 Å². The van der Waals surface area contributed by atoms with Crippen molar-refractivity contribution in [1.29, 1.82) is 0 Å². The van der Waals surface area contributed by atoms with Gasteiger partial charge >= 0.3 is 0 Å². The normalized spacial score (nSPS) is 14.2. The minimum atomic E-state index is -0.0504. The van der Waals surface area contributed by atoms with Crippen molar-refractivity contribution in [3.63, 3.8) is 0 Å². The maximum atomic E-state index is 12.4. The van der Waals surface area contributed by atoms with Gasteiger partial charge < -0.3 is 10.2 Å². The van der Waals surface area contributed by atoms with E-state index in [0.717, 1.165) is 51.5 Å². The molecule has 36 heavy (non-hydrogen) atoms. The lowest BCUT2D eigenvalue weighted by Crippen LogP contribution is -2.23. The van der Waals surface area contributed by atoms with Gasteiger partial charge in [0.25, 0.3) is 5.91 Å². The van der Waals surface area contributed by atoms with Crippen LogP contribution in [0.5, 0.6) is 0 Å². The van der Waals surface area contributed by atoms with Crippen molar-refractivity contribution < 1.29 is 4.79 Å². The third kappa shape index (κ3) is 5.88. The minimum Gasteiger partial charge on any atom is -0.352 e. The summed E-state index contributed by atoms with van der Waals surface area (Å²) in [5, 5.41) is 16.1. The summed E-state index contributed by atoms with van der Waals surface area (Å²) >= 11 is 1.58. The Labute approximate surface area is 216 Å². The molecule has 0 unspecified atom stereocenters. The quantitative estimate of drug-likeness (QED) is 0.308. The summed E-state index contributed by atoms with van der Waals surface area (Å²) in [6.45, 7) is 7.12. The van der Waals surface area contributed by atoms with E-state index in [1.807, 2.05) is 48.1 Å². The fraction of sp³-hybridized carbons (Fsp3) is 0.321. The molecule has 8 heteroatoms. The van der Waals surface area contributed by atoms with Crippen molar-refractivity contribution >= 4 is 40.7 Å². The van der Waals surface area contributed by atoms with Crippen LogP contribution in [0.25, 0.3) is 23.1 Å². The van der Waals surface area contributed by atoms with Crippen LogP contribution in [-0.4, -0.2) is 57.0 Å². The third-order valence-corrected chi connectivity index (χ3v) is 7.47. The van der Waals surface area contributed by atoms with Gasteiger partial charge in [0, 0.05) is 40.0 Å². The maximum Gasteiger partial charge on any atom is 0.252 e. The molecule has 3 heterocycles. The molecular weight excluding hydrogens is 468 g/mol. The Morgan fingerprint density at radius 1 is 1.14 bits per heavy atom. The van der Waals surface area contributed by atoms with Crippen LogP contribution < -0.4 is 5.32 Å². The summed E-state index contributed by atoms with van der Waals surface area (Å²) in [5.41, 5.74) is 3.62. The van der Waals surface area contributed by atoms with Crippen LogP contribution >= 0.6 is 11.8 Å². The Kier molecular flexibility index (Phi) is 7.83. The standard InChI is InChI=1S/C28H32N6OS/c1-2-29-28(35)24-8-3-4-9-27(24)36-22-11-12-23-25(31-32-26(23)18-22)13-10-21-19-30-34(20-21)17-7-16-33-14-5-6-15-33/h3-4,8-13,18-20H,2,5-7,14-17H2,1H3,(H,29,35)(H,31,32)/b13-10+. The predicted octanol–water partition coefficient (Wildman–Crippen LogP) is 5.32. The SMILES string of the molecule is CCNC(=O)c1ccccc1Sc1ccc2c(/C=C/c3cnn(CCCN4CCCC4)c3)n[nH]c2c1. The predicted molar refractivity (Wildman–Crippen MR) is 146 cm³/mol. The molecule has 0 atom stereocenters. The second-order valence-electron chi connectivity index (χ2n) is 9.05. The van der Waals surface area contributed by atoms with E-state index in [1.54, 1.807) is 11.8 Å². The molecule has 1 aliphatic heterocycles. The molecule has 0 spiro atoms. The monoisotopic (exact) mass is 500 g/mol. The second kappa shape index (κ2) is 11.6. The van der Waals surface area contributed by atoms with E-state index in [9.17, 15) is 4.79 Å². The van der Waals surface area contributed by atoms with E-state index in [2.05, 4.69) is 56.0 Å². The fourth-order valence-electron chi connectivity index (χ4n) is 4.56. The number of amides is 1. The number of aromatic nitrogens is 4. The Morgan fingerprint density at radius 2 is 2.00 bits per heavy atom. The molecule has 0 radical (unpaired) electrons. The molecule has 2 aromatic carbocycles. The van der Waals surface area contributed by atoms with E-state index in [0.29, 0.717) is 12.1 Å². The Bertz CT molecular complexity index is 1350. The van der Waals surface area contributed by atoms with E-state index >= 15 is 0 Å². The Hall–Kier alpha value is -3.36. The lowest BCUT2D eigenvalue weighted by atomic mass is 10.2. The van der Waals surface area contributed by atoms with E-state index < -0.39 is 0 Å². The highest BCUT2D eigenvalue weighted by Gasteiger charge is 2.13. The number of benzene rings is 2. The summed E-state index contributed by atoms with van der Waals surface area (Å²) in [6, 6.07) is 13.9. The smallest absolute Gasteiger partial charge is 0.252 e. The van der Waals surface area contributed by atoms with Gasteiger partial charge in [0.1, 0.15) is 0 Å². The van der Waals surface area contributed by atoms with Crippen LogP contribution in [-0.2, 0) is 6.54 Å². The molecule has 1 aliphatic rings. The maximum absolute atomic E-state index is 12.4. The van der Waals surface area contributed by atoms with E-state index in [4.69, 9.17) is 0 Å². The lowest BCUT2D eigenvalue weighted by Gasteiger charge is -2.13. The zero-order valence-corrected chi connectivity index (χ0v) is 21.4. The first kappa shape index (κ1) is 24.3. The van der Waals surface area contributed by atoms with Crippen LogP contribution in [0.15, 0.2) is 64.6 Å². The molecule has 0 bridgehead atoms. The van der Waals surface area contributed by atoms with Crippen molar-refractivity contribution in [1.82, 2.24) is 30.2 Å². The van der Waals surface area contributed by atoms with Crippen LogP contribution in [0.3, 0.4) is 0 Å². The molecule has 5 rings (SSSR count). The van der Waals surface area contributed by atoms with Crippen molar-refractivity contribution in [3.8, 4) is 0 Å². The molecule has 1 saturated heterocycles. The molecule has 2 aromatic heterocycles. The first-order chi connectivity index (χ1) is 17.7. The Morgan fingerprint density at radius 3 is 2.86 bits per heavy atom. The van der Waals surface area contributed by atoms with E-state index in [1.165, 1.54) is 25.9 Å². The van der Waals surface area contributed by atoms with Gasteiger partial charge in [-0.3, -0.25) is 14.6 Å². The minimum absolute atomic E-state index is 0.0504. The summed E-state index contributed by atoms with van der Waals surface area (Å²) in [4.78, 5) is 16.9. The first-order valence-corrected chi connectivity index (χ1v) is 13.5. The molecular formula is C28H32N6OS. The largest absolute Gasteiger partial charge is 0.352 e. The van der Waals surface area contributed by atoms with Gasteiger partial charge in [-0.1, -0.05) is 23.9 Å². The van der Waals surface area contributed by atoms with Gasteiger partial charge in [0.05, 0.1) is 23.0 Å². The molecule has 0 aliphatic carbocycles. The zero-order chi connectivity index (χ0) is 24.7. The van der Waals surface area contributed by atoms with Crippen LogP contribution in [0.2, 0.25) is 0 Å².